The fourth-order valence-electron chi connectivity index (χ4n) is 1.79. The minimum atomic E-state index is -0.601. The van der Waals surface area contributed by atoms with E-state index in [-0.39, 0.29) is 11.4 Å². The highest BCUT2D eigenvalue weighted by atomic mass is 16.5. The van der Waals surface area contributed by atoms with Crippen molar-refractivity contribution in [1.82, 2.24) is 9.78 Å². The lowest BCUT2D eigenvalue weighted by Gasteiger charge is -2.06. The number of amides is 1. The second kappa shape index (κ2) is 5.88. The Morgan fingerprint density at radius 2 is 2.19 bits per heavy atom. The lowest BCUT2D eigenvalue weighted by atomic mass is 10.1. The minimum absolute atomic E-state index is 0.141. The van der Waals surface area contributed by atoms with Crippen LogP contribution in [0.1, 0.15) is 26.4 Å². The Morgan fingerprint density at radius 3 is 2.86 bits per heavy atom. The fraction of sp³-hybridized carbons (Fsp3) is 0.143. The number of nitrogens with one attached hydrogen (secondary N) is 1. The van der Waals surface area contributed by atoms with Gasteiger partial charge in [-0.1, -0.05) is 6.07 Å². The molecule has 7 nitrogen and oxygen atoms in total. The molecule has 0 aliphatic carbocycles. The number of carbonyl (C=O) groups is 2. The second-order valence-electron chi connectivity index (χ2n) is 4.17. The number of aromatic nitrogens is 2. The highest BCUT2D eigenvalue weighted by molar-refractivity contribution is 6.07. The molecule has 0 radical (unpaired) electrons. The molecule has 0 bridgehead atoms. The zero-order valence-corrected chi connectivity index (χ0v) is 11.5. The van der Waals surface area contributed by atoms with Crippen LogP contribution in [0.3, 0.4) is 0 Å². The molecule has 2 rings (SSSR count). The zero-order chi connectivity index (χ0) is 15.4. The molecule has 7 heteroatoms. The first-order chi connectivity index (χ1) is 10.1. The molecule has 21 heavy (non-hydrogen) atoms. The van der Waals surface area contributed by atoms with Crippen molar-refractivity contribution in [3.05, 3.63) is 47.3 Å². The van der Waals surface area contributed by atoms with E-state index in [1.165, 1.54) is 24.1 Å². The van der Waals surface area contributed by atoms with E-state index in [1.807, 2.05) is 6.07 Å². The van der Waals surface area contributed by atoms with Gasteiger partial charge in [0.05, 0.1) is 30.6 Å². The van der Waals surface area contributed by atoms with Crippen LogP contribution in [0.4, 0.5) is 5.69 Å². The number of nitriles is 1. The van der Waals surface area contributed by atoms with Gasteiger partial charge in [-0.2, -0.15) is 10.4 Å². The van der Waals surface area contributed by atoms with Crippen molar-refractivity contribution >= 4 is 17.6 Å². The van der Waals surface area contributed by atoms with Crippen LogP contribution in [-0.4, -0.2) is 28.8 Å². The average molecular weight is 284 g/mol. The summed E-state index contributed by atoms with van der Waals surface area (Å²) in [5.41, 5.74) is 1.08. The number of esters is 1. The number of ether oxygens (including phenoxy) is 1. The lowest BCUT2D eigenvalue weighted by Crippen LogP contribution is -2.16. The zero-order valence-electron chi connectivity index (χ0n) is 11.5. The third-order valence-electron chi connectivity index (χ3n) is 2.82. The Balaban J connectivity index is 2.28. The molecule has 0 saturated carbocycles. The summed E-state index contributed by atoms with van der Waals surface area (Å²) in [5.74, 6) is -1.04. The van der Waals surface area contributed by atoms with Crippen LogP contribution in [0, 0.1) is 11.3 Å². The molecule has 0 unspecified atom stereocenters. The van der Waals surface area contributed by atoms with Gasteiger partial charge in [0, 0.05) is 12.6 Å². The minimum Gasteiger partial charge on any atom is -0.464 e. The van der Waals surface area contributed by atoms with Crippen molar-refractivity contribution in [2.24, 2.45) is 7.05 Å². The third kappa shape index (κ3) is 2.90. The van der Waals surface area contributed by atoms with Crippen LogP contribution in [0.25, 0.3) is 0 Å². The lowest BCUT2D eigenvalue weighted by molar-refractivity contribution is 0.0589. The second-order valence-corrected chi connectivity index (χ2v) is 4.17. The Labute approximate surface area is 120 Å². The van der Waals surface area contributed by atoms with Gasteiger partial charge in [0.2, 0.25) is 0 Å². The monoisotopic (exact) mass is 284 g/mol. The quantitative estimate of drug-likeness (QED) is 0.857. The van der Waals surface area contributed by atoms with Gasteiger partial charge in [0.1, 0.15) is 0 Å². The van der Waals surface area contributed by atoms with Gasteiger partial charge >= 0.3 is 5.97 Å². The maximum atomic E-state index is 12.1. The van der Waals surface area contributed by atoms with Crippen LogP contribution in [0.5, 0.6) is 0 Å². The van der Waals surface area contributed by atoms with E-state index in [4.69, 9.17) is 5.26 Å². The maximum absolute atomic E-state index is 12.1. The van der Waals surface area contributed by atoms with Gasteiger partial charge < -0.3 is 10.1 Å². The molecule has 106 valence electrons. The predicted octanol–water partition coefficient (Wildman–Crippen LogP) is 1.33. The molecule has 0 spiro atoms. The third-order valence-corrected chi connectivity index (χ3v) is 2.82. The van der Waals surface area contributed by atoms with Crippen LogP contribution >= 0.6 is 0 Å². The molecule has 0 fully saturated rings. The van der Waals surface area contributed by atoms with Crippen molar-refractivity contribution in [2.75, 3.05) is 12.4 Å². The Kier molecular flexibility index (Phi) is 4.00. The van der Waals surface area contributed by atoms with Crippen molar-refractivity contribution in [1.29, 1.82) is 5.26 Å². The number of nitrogens with zero attached hydrogens (tertiary/aromatic N) is 3. The summed E-state index contributed by atoms with van der Waals surface area (Å²) >= 11 is 0. The van der Waals surface area contributed by atoms with E-state index < -0.39 is 11.9 Å². The van der Waals surface area contributed by atoms with Crippen LogP contribution in [-0.2, 0) is 11.8 Å². The molecular formula is C14H12N4O3. The van der Waals surface area contributed by atoms with Crippen molar-refractivity contribution in [2.45, 2.75) is 0 Å². The van der Waals surface area contributed by atoms with Crippen LogP contribution in [0.2, 0.25) is 0 Å². The molecule has 1 N–H and O–H groups in total. The molecule has 1 amide bonds. The Bertz CT molecular complexity index is 743. The smallest absolute Gasteiger partial charge is 0.358 e. The topological polar surface area (TPSA) is 97.0 Å². The maximum Gasteiger partial charge on any atom is 0.358 e. The van der Waals surface area contributed by atoms with E-state index in [2.05, 4.69) is 15.2 Å². The highest BCUT2D eigenvalue weighted by Crippen LogP contribution is 2.16. The Hall–Kier alpha value is -3.14. The average Bonchev–Trinajstić information content (AvgIpc) is 2.87. The molecule has 1 heterocycles. The molecule has 0 atom stereocenters. The summed E-state index contributed by atoms with van der Waals surface area (Å²) < 4.78 is 5.96. The largest absolute Gasteiger partial charge is 0.464 e. The van der Waals surface area contributed by atoms with E-state index in [0.29, 0.717) is 11.1 Å². The van der Waals surface area contributed by atoms with Crippen molar-refractivity contribution < 1.29 is 14.3 Å². The molecule has 1 aromatic carbocycles. The van der Waals surface area contributed by atoms with Gasteiger partial charge in [0.25, 0.3) is 5.91 Å². The number of hydrogen-bond donors (Lipinski definition) is 1. The van der Waals surface area contributed by atoms with Gasteiger partial charge in [-0.15, -0.1) is 0 Å². The number of methoxy groups -OCH3 is 1. The van der Waals surface area contributed by atoms with Gasteiger partial charge in [0.15, 0.2) is 5.69 Å². The first-order valence-electron chi connectivity index (χ1n) is 5.98. The number of benzene rings is 1. The summed E-state index contributed by atoms with van der Waals surface area (Å²) in [7, 11) is 2.82. The number of carbonyl (C=O) groups excluding carboxylic acids is 2. The first-order valence-corrected chi connectivity index (χ1v) is 5.98. The molecule has 0 aliphatic rings. The number of rotatable bonds is 3. The molecular weight excluding hydrogens is 272 g/mol. The SMILES string of the molecule is COC(=O)c1c(NC(=O)c2cccc(C#N)c2)cnn1C. The fourth-order valence-corrected chi connectivity index (χ4v) is 1.79. The first kappa shape index (κ1) is 14.3. The Morgan fingerprint density at radius 1 is 1.43 bits per heavy atom. The van der Waals surface area contributed by atoms with Crippen molar-refractivity contribution in [3.8, 4) is 6.07 Å². The molecule has 0 aliphatic heterocycles. The van der Waals surface area contributed by atoms with Gasteiger partial charge in [-0.3, -0.25) is 9.48 Å². The summed E-state index contributed by atoms with van der Waals surface area (Å²) in [6.45, 7) is 0. The molecule has 2 aromatic rings. The van der Waals surface area contributed by atoms with E-state index in [1.54, 1.807) is 25.2 Å². The van der Waals surface area contributed by atoms with Gasteiger partial charge in [-0.05, 0) is 18.2 Å². The van der Waals surface area contributed by atoms with Crippen LogP contribution in [0.15, 0.2) is 30.5 Å². The van der Waals surface area contributed by atoms with Crippen molar-refractivity contribution in [3.63, 3.8) is 0 Å². The molecule has 1 aromatic heterocycles. The van der Waals surface area contributed by atoms with E-state index in [0.717, 1.165) is 0 Å². The number of anilines is 1. The normalized spacial score (nSPS) is 9.76. The standard InChI is InChI=1S/C14H12N4O3/c1-18-12(14(20)21-2)11(8-16-18)17-13(19)10-5-3-4-9(6-10)7-15/h3-6,8H,1-2H3,(H,17,19). The summed E-state index contributed by atoms with van der Waals surface area (Å²) in [6, 6.07) is 8.20. The molecule has 0 saturated heterocycles. The van der Waals surface area contributed by atoms with E-state index in [9.17, 15) is 9.59 Å². The highest BCUT2D eigenvalue weighted by Gasteiger charge is 2.19. The number of hydrogen-bond acceptors (Lipinski definition) is 5. The van der Waals surface area contributed by atoms with Gasteiger partial charge in [-0.25, -0.2) is 4.79 Å². The predicted molar refractivity (Wildman–Crippen MR) is 73.7 cm³/mol. The summed E-state index contributed by atoms with van der Waals surface area (Å²) in [4.78, 5) is 23.8. The van der Waals surface area contributed by atoms with Crippen LogP contribution < -0.4 is 5.32 Å². The summed E-state index contributed by atoms with van der Waals surface area (Å²) in [6.07, 6.45) is 1.36. The summed E-state index contributed by atoms with van der Waals surface area (Å²) in [5, 5.41) is 15.3. The number of aryl methyl sites for hydroxylation is 1. The van der Waals surface area contributed by atoms with E-state index >= 15 is 0 Å².